The largest absolute Gasteiger partial charge is 0.490 e. The van der Waals surface area contributed by atoms with E-state index >= 15 is 0 Å². The molecule has 1 aromatic rings. The van der Waals surface area contributed by atoms with Gasteiger partial charge in [0.15, 0.2) is 11.5 Å². The number of hydrogen-bond acceptors (Lipinski definition) is 4. The minimum Gasteiger partial charge on any atom is -0.490 e. The molecule has 0 aliphatic rings. The minimum absolute atomic E-state index is 0.222. The summed E-state index contributed by atoms with van der Waals surface area (Å²) in [6, 6.07) is 3.24. The number of ether oxygens (including phenoxy) is 3. The Morgan fingerprint density at radius 3 is 2.64 bits per heavy atom. The second-order valence-corrected chi connectivity index (χ2v) is 5.08. The third-order valence-corrected chi connectivity index (χ3v) is 3.19. The first-order valence-electron chi connectivity index (χ1n) is 7.50. The van der Waals surface area contributed by atoms with Gasteiger partial charge in [-0.25, -0.2) is 0 Å². The Morgan fingerprint density at radius 1 is 1.23 bits per heavy atom. The van der Waals surface area contributed by atoms with E-state index in [9.17, 15) is 4.79 Å². The average Bonchev–Trinajstić information content (AvgIpc) is 2.50. The van der Waals surface area contributed by atoms with Gasteiger partial charge < -0.3 is 19.5 Å². The molecule has 0 aliphatic carbocycles. The van der Waals surface area contributed by atoms with Crippen LogP contribution in [0.3, 0.4) is 0 Å². The van der Waals surface area contributed by atoms with Gasteiger partial charge in [0.05, 0.1) is 24.8 Å². The number of amides is 1. The van der Waals surface area contributed by atoms with Gasteiger partial charge in [-0.05, 0) is 25.5 Å². The summed E-state index contributed by atoms with van der Waals surface area (Å²) in [6.45, 7) is 5.88. The Kier molecular flexibility index (Phi) is 8.70. The van der Waals surface area contributed by atoms with Gasteiger partial charge in [-0.2, -0.15) is 0 Å². The molecular formula is C16H24ClNO4. The van der Waals surface area contributed by atoms with Crippen molar-refractivity contribution in [3.63, 3.8) is 0 Å². The van der Waals surface area contributed by atoms with E-state index in [0.717, 1.165) is 12.8 Å². The van der Waals surface area contributed by atoms with Crippen molar-refractivity contribution in [2.75, 3.05) is 33.5 Å². The fourth-order valence-electron chi connectivity index (χ4n) is 1.79. The monoisotopic (exact) mass is 329 g/mol. The smallest absolute Gasteiger partial charge is 0.251 e. The Bertz CT molecular complexity index is 479. The van der Waals surface area contributed by atoms with E-state index in [2.05, 4.69) is 12.2 Å². The van der Waals surface area contributed by atoms with E-state index in [-0.39, 0.29) is 5.91 Å². The molecule has 124 valence electrons. The normalized spacial score (nSPS) is 10.4. The maximum Gasteiger partial charge on any atom is 0.251 e. The van der Waals surface area contributed by atoms with E-state index in [1.54, 1.807) is 19.2 Å². The third-order valence-electron chi connectivity index (χ3n) is 2.91. The molecule has 0 aromatic heterocycles. The minimum atomic E-state index is -0.222. The maximum atomic E-state index is 12.1. The molecular weight excluding hydrogens is 306 g/mol. The van der Waals surface area contributed by atoms with Crippen molar-refractivity contribution in [3.05, 3.63) is 22.7 Å². The topological polar surface area (TPSA) is 56.8 Å². The lowest BCUT2D eigenvalue weighted by molar-refractivity contribution is 0.0936. The fourth-order valence-corrected chi connectivity index (χ4v) is 2.05. The highest BCUT2D eigenvalue weighted by Gasteiger charge is 2.16. The number of rotatable bonds is 10. The predicted octanol–water partition coefficient (Wildman–Crippen LogP) is 3.29. The van der Waals surface area contributed by atoms with E-state index in [0.29, 0.717) is 48.5 Å². The quantitative estimate of drug-likeness (QED) is 0.669. The number of nitrogens with one attached hydrogen (secondary N) is 1. The molecule has 6 heteroatoms. The molecule has 0 unspecified atom stereocenters. The van der Waals surface area contributed by atoms with Crippen LogP contribution in [-0.4, -0.2) is 39.4 Å². The van der Waals surface area contributed by atoms with Crippen molar-refractivity contribution in [1.29, 1.82) is 0 Å². The summed E-state index contributed by atoms with van der Waals surface area (Å²) < 4.78 is 16.1. The van der Waals surface area contributed by atoms with Crippen LogP contribution in [0.15, 0.2) is 12.1 Å². The van der Waals surface area contributed by atoms with Crippen molar-refractivity contribution >= 4 is 17.5 Å². The number of halogens is 1. The van der Waals surface area contributed by atoms with Crippen molar-refractivity contribution in [2.45, 2.75) is 26.7 Å². The summed E-state index contributed by atoms with van der Waals surface area (Å²) in [4.78, 5) is 12.1. The number of benzene rings is 1. The van der Waals surface area contributed by atoms with E-state index < -0.39 is 0 Å². The number of hydrogen-bond donors (Lipinski definition) is 1. The lowest BCUT2D eigenvalue weighted by atomic mass is 10.2. The highest BCUT2D eigenvalue weighted by molar-refractivity contribution is 6.32. The van der Waals surface area contributed by atoms with Gasteiger partial charge in [-0.3, -0.25) is 4.79 Å². The highest BCUT2D eigenvalue weighted by Crippen LogP contribution is 2.36. The van der Waals surface area contributed by atoms with Crippen LogP contribution in [0.25, 0.3) is 0 Å². The van der Waals surface area contributed by atoms with Gasteiger partial charge in [0.1, 0.15) is 0 Å². The molecule has 0 saturated heterocycles. The van der Waals surface area contributed by atoms with Crippen molar-refractivity contribution in [2.24, 2.45) is 0 Å². The molecule has 0 bridgehead atoms. The molecule has 0 aliphatic heterocycles. The number of unbranched alkanes of at least 4 members (excludes halogenated alkanes) is 1. The van der Waals surface area contributed by atoms with E-state index in [1.165, 1.54) is 0 Å². The summed E-state index contributed by atoms with van der Waals surface area (Å²) in [7, 11) is 1.58. The fraction of sp³-hybridized carbons (Fsp3) is 0.562. The number of carbonyl (C=O) groups excluding carboxylic acids is 1. The first kappa shape index (κ1) is 18.6. The van der Waals surface area contributed by atoms with Gasteiger partial charge in [-0.1, -0.05) is 24.9 Å². The Labute approximate surface area is 136 Å². The molecule has 1 amide bonds. The van der Waals surface area contributed by atoms with Crippen LogP contribution in [0.5, 0.6) is 11.5 Å². The number of carbonyl (C=O) groups is 1. The molecule has 0 fully saturated rings. The zero-order chi connectivity index (χ0) is 16.4. The zero-order valence-electron chi connectivity index (χ0n) is 13.4. The Morgan fingerprint density at radius 2 is 2.00 bits per heavy atom. The lowest BCUT2D eigenvalue weighted by Crippen LogP contribution is -2.27. The summed E-state index contributed by atoms with van der Waals surface area (Å²) in [5, 5.41) is 3.12. The number of methoxy groups -OCH3 is 1. The van der Waals surface area contributed by atoms with Crippen LogP contribution in [0, 0.1) is 0 Å². The van der Waals surface area contributed by atoms with Crippen LogP contribution in [0.4, 0.5) is 0 Å². The Hall–Kier alpha value is -1.46. The van der Waals surface area contributed by atoms with Gasteiger partial charge in [0.2, 0.25) is 0 Å². The van der Waals surface area contributed by atoms with Crippen LogP contribution >= 0.6 is 11.6 Å². The Balaban J connectivity index is 2.90. The van der Waals surface area contributed by atoms with Gasteiger partial charge >= 0.3 is 0 Å². The van der Waals surface area contributed by atoms with Crippen molar-refractivity contribution < 1.29 is 19.0 Å². The molecule has 1 N–H and O–H groups in total. The predicted molar refractivity (Wildman–Crippen MR) is 87.2 cm³/mol. The van der Waals surface area contributed by atoms with Crippen molar-refractivity contribution in [3.8, 4) is 11.5 Å². The van der Waals surface area contributed by atoms with Gasteiger partial charge in [0, 0.05) is 19.2 Å². The van der Waals surface area contributed by atoms with Crippen LogP contribution in [-0.2, 0) is 4.74 Å². The molecule has 0 saturated carbocycles. The highest BCUT2D eigenvalue weighted by atomic mass is 35.5. The zero-order valence-corrected chi connectivity index (χ0v) is 14.2. The van der Waals surface area contributed by atoms with E-state index in [1.807, 2.05) is 6.92 Å². The summed E-state index contributed by atoms with van der Waals surface area (Å²) in [5.74, 6) is 0.758. The van der Waals surface area contributed by atoms with Gasteiger partial charge in [-0.15, -0.1) is 0 Å². The standard InChI is InChI=1S/C16H24ClNO4/c1-4-6-8-22-15-13(17)10-12(11-14(15)21-5-2)16(19)18-7-9-20-3/h10-11H,4-9H2,1-3H3,(H,18,19). The van der Waals surface area contributed by atoms with Crippen LogP contribution in [0.1, 0.15) is 37.0 Å². The third kappa shape index (κ3) is 5.73. The lowest BCUT2D eigenvalue weighted by Gasteiger charge is -2.15. The average molecular weight is 330 g/mol. The summed E-state index contributed by atoms with van der Waals surface area (Å²) in [5.41, 5.74) is 0.437. The second-order valence-electron chi connectivity index (χ2n) is 4.67. The van der Waals surface area contributed by atoms with Crippen LogP contribution in [0.2, 0.25) is 5.02 Å². The molecule has 1 rings (SSSR count). The molecule has 0 radical (unpaired) electrons. The van der Waals surface area contributed by atoms with Gasteiger partial charge in [0.25, 0.3) is 5.91 Å². The molecule has 22 heavy (non-hydrogen) atoms. The van der Waals surface area contributed by atoms with Crippen LogP contribution < -0.4 is 14.8 Å². The second kappa shape index (κ2) is 10.3. The first-order valence-corrected chi connectivity index (χ1v) is 7.88. The SMILES string of the molecule is CCCCOc1c(Cl)cc(C(=O)NCCOC)cc1OCC. The summed E-state index contributed by atoms with van der Waals surface area (Å²) in [6.07, 6.45) is 1.96. The molecule has 0 heterocycles. The first-order chi connectivity index (χ1) is 10.6. The molecule has 0 atom stereocenters. The molecule has 5 nitrogen and oxygen atoms in total. The molecule has 0 spiro atoms. The van der Waals surface area contributed by atoms with Crippen molar-refractivity contribution in [1.82, 2.24) is 5.32 Å². The molecule has 1 aromatic carbocycles. The van der Waals surface area contributed by atoms with E-state index in [4.69, 9.17) is 25.8 Å². The maximum absolute atomic E-state index is 12.1. The summed E-state index contributed by atoms with van der Waals surface area (Å²) >= 11 is 6.24.